The first kappa shape index (κ1) is 11.7. The van der Waals surface area contributed by atoms with Crippen LogP contribution in [0.1, 0.15) is 12.0 Å². The first-order valence-electron chi connectivity index (χ1n) is 4.35. The lowest BCUT2D eigenvalue weighted by atomic mass is 10.1. The predicted molar refractivity (Wildman–Crippen MR) is 62.2 cm³/mol. The van der Waals surface area contributed by atoms with Gasteiger partial charge in [0, 0.05) is 5.33 Å². The molecule has 0 heterocycles. The molecule has 80 valence electrons. The minimum atomic E-state index is -0.506. The third kappa shape index (κ3) is 3.36. The summed E-state index contributed by atoms with van der Waals surface area (Å²) >= 11 is 3.26. The molecule has 0 aromatic heterocycles. The number of alkyl halides is 1. The Labute approximate surface area is 95.5 Å². The SMILES string of the molecule is O=[N+]([O-])c1cc(O)ccc1C=CCCBr. The number of phenols is 1. The molecule has 0 aliphatic rings. The number of nitrogens with zero attached hydrogens (tertiary/aromatic N) is 1. The smallest absolute Gasteiger partial charge is 0.280 e. The van der Waals surface area contributed by atoms with Crippen LogP contribution in [0.5, 0.6) is 5.75 Å². The van der Waals surface area contributed by atoms with Crippen LogP contribution in [0.2, 0.25) is 0 Å². The average molecular weight is 272 g/mol. The first-order chi connectivity index (χ1) is 7.15. The van der Waals surface area contributed by atoms with Gasteiger partial charge in [-0.25, -0.2) is 0 Å². The number of allylic oxidation sites excluding steroid dienone is 1. The normalized spacial score (nSPS) is 10.7. The molecule has 1 N–H and O–H groups in total. The van der Waals surface area contributed by atoms with Crippen LogP contribution < -0.4 is 0 Å². The quantitative estimate of drug-likeness (QED) is 0.520. The van der Waals surface area contributed by atoms with Crippen molar-refractivity contribution in [2.75, 3.05) is 5.33 Å². The monoisotopic (exact) mass is 271 g/mol. The van der Waals surface area contributed by atoms with Crippen molar-refractivity contribution in [2.24, 2.45) is 0 Å². The van der Waals surface area contributed by atoms with Gasteiger partial charge in [0.25, 0.3) is 5.69 Å². The second-order valence-corrected chi connectivity index (χ2v) is 3.67. The van der Waals surface area contributed by atoms with Crippen molar-refractivity contribution in [1.82, 2.24) is 0 Å². The molecule has 0 aliphatic carbocycles. The van der Waals surface area contributed by atoms with Crippen molar-refractivity contribution < 1.29 is 10.0 Å². The minimum absolute atomic E-state index is 0.0826. The summed E-state index contributed by atoms with van der Waals surface area (Å²) in [5.74, 6) is -0.0978. The molecule has 1 aromatic rings. The van der Waals surface area contributed by atoms with E-state index in [2.05, 4.69) is 15.9 Å². The van der Waals surface area contributed by atoms with Gasteiger partial charge in [-0.05, 0) is 18.6 Å². The first-order valence-corrected chi connectivity index (χ1v) is 5.47. The van der Waals surface area contributed by atoms with Crippen molar-refractivity contribution in [3.05, 3.63) is 40.0 Å². The lowest BCUT2D eigenvalue weighted by molar-refractivity contribution is -0.385. The number of nitro benzene ring substituents is 1. The fourth-order valence-electron chi connectivity index (χ4n) is 1.10. The van der Waals surface area contributed by atoms with E-state index < -0.39 is 4.92 Å². The summed E-state index contributed by atoms with van der Waals surface area (Å²) in [6.07, 6.45) is 4.32. The van der Waals surface area contributed by atoms with E-state index in [0.29, 0.717) is 5.56 Å². The van der Waals surface area contributed by atoms with Crippen LogP contribution in [-0.4, -0.2) is 15.4 Å². The standard InChI is InChI=1S/C10H10BrNO3/c11-6-2-1-3-8-4-5-9(13)7-10(8)12(14)15/h1,3-5,7,13H,2,6H2. The van der Waals surface area contributed by atoms with Gasteiger partial charge in [-0.2, -0.15) is 0 Å². The van der Waals surface area contributed by atoms with Gasteiger partial charge in [0.15, 0.2) is 0 Å². The highest BCUT2D eigenvalue weighted by molar-refractivity contribution is 9.09. The van der Waals surface area contributed by atoms with E-state index in [-0.39, 0.29) is 11.4 Å². The predicted octanol–water partition coefficient (Wildman–Crippen LogP) is 3.10. The number of hydrogen-bond donors (Lipinski definition) is 1. The number of benzene rings is 1. The van der Waals surface area contributed by atoms with Crippen molar-refractivity contribution in [3.63, 3.8) is 0 Å². The van der Waals surface area contributed by atoms with Crippen molar-refractivity contribution in [2.45, 2.75) is 6.42 Å². The Morgan fingerprint density at radius 2 is 2.27 bits per heavy atom. The summed E-state index contributed by atoms with van der Waals surface area (Å²) in [5, 5.41) is 20.6. The maximum Gasteiger partial charge on any atom is 0.280 e. The molecule has 0 saturated heterocycles. The van der Waals surface area contributed by atoms with Gasteiger partial charge >= 0.3 is 0 Å². The highest BCUT2D eigenvalue weighted by Gasteiger charge is 2.11. The third-order valence-corrected chi connectivity index (χ3v) is 2.24. The van der Waals surface area contributed by atoms with Crippen LogP contribution in [0, 0.1) is 10.1 Å². The molecule has 0 radical (unpaired) electrons. The van der Waals surface area contributed by atoms with E-state index in [1.807, 2.05) is 6.08 Å². The van der Waals surface area contributed by atoms with E-state index in [1.165, 1.54) is 12.1 Å². The molecule has 0 fully saturated rings. The van der Waals surface area contributed by atoms with Gasteiger partial charge in [-0.3, -0.25) is 10.1 Å². The second-order valence-electron chi connectivity index (χ2n) is 2.88. The lowest BCUT2D eigenvalue weighted by Crippen LogP contribution is -1.90. The molecule has 0 bridgehead atoms. The fraction of sp³-hybridized carbons (Fsp3) is 0.200. The average Bonchev–Trinajstić information content (AvgIpc) is 2.20. The Morgan fingerprint density at radius 3 is 2.87 bits per heavy atom. The Morgan fingerprint density at radius 1 is 1.53 bits per heavy atom. The molecular formula is C10H10BrNO3. The maximum absolute atomic E-state index is 10.7. The van der Waals surface area contributed by atoms with E-state index in [0.717, 1.165) is 17.8 Å². The van der Waals surface area contributed by atoms with Crippen LogP contribution in [0.4, 0.5) is 5.69 Å². The largest absolute Gasteiger partial charge is 0.508 e. The van der Waals surface area contributed by atoms with Crippen molar-refractivity contribution in [1.29, 1.82) is 0 Å². The number of phenolic OH excluding ortho intramolecular Hbond substituents is 1. The highest BCUT2D eigenvalue weighted by atomic mass is 79.9. The number of nitro groups is 1. The van der Waals surface area contributed by atoms with E-state index in [9.17, 15) is 10.1 Å². The highest BCUT2D eigenvalue weighted by Crippen LogP contribution is 2.24. The Balaban J connectivity index is 3.01. The topological polar surface area (TPSA) is 63.4 Å². The molecule has 0 spiro atoms. The van der Waals surface area contributed by atoms with Crippen LogP contribution in [0.3, 0.4) is 0 Å². The summed E-state index contributed by atoms with van der Waals surface area (Å²) in [6, 6.07) is 4.10. The molecular weight excluding hydrogens is 262 g/mol. The van der Waals surface area contributed by atoms with Crippen LogP contribution >= 0.6 is 15.9 Å². The van der Waals surface area contributed by atoms with Crippen molar-refractivity contribution >= 4 is 27.7 Å². The van der Waals surface area contributed by atoms with E-state index >= 15 is 0 Å². The van der Waals surface area contributed by atoms with E-state index in [4.69, 9.17) is 5.11 Å². The number of rotatable bonds is 4. The summed E-state index contributed by atoms with van der Waals surface area (Å²) in [7, 11) is 0. The van der Waals surface area contributed by atoms with Gasteiger partial charge in [0.1, 0.15) is 5.75 Å². The second kappa shape index (κ2) is 5.50. The minimum Gasteiger partial charge on any atom is -0.508 e. The van der Waals surface area contributed by atoms with Crippen LogP contribution in [-0.2, 0) is 0 Å². The van der Waals surface area contributed by atoms with Gasteiger partial charge in [-0.1, -0.05) is 28.1 Å². The third-order valence-electron chi connectivity index (χ3n) is 1.78. The summed E-state index contributed by atoms with van der Waals surface area (Å²) < 4.78 is 0. The summed E-state index contributed by atoms with van der Waals surface area (Å²) in [6.45, 7) is 0. The van der Waals surface area contributed by atoms with Crippen molar-refractivity contribution in [3.8, 4) is 5.75 Å². The zero-order chi connectivity index (χ0) is 11.3. The zero-order valence-electron chi connectivity index (χ0n) is 7.89. The summed E-state index contributed by atoms with van der Waals surface area (Å²) in [4.78, 5) is 10.2. The van der Waals surface area contributed by atoms with Crippen LogP contribution in [0.15, 0.2) is 24.3 Å². The summed E-state index contributed by atoms with van der Waals surface area (Å²) in [5.41, 5.74) is 0.416. The lowest BCUT2D eigenvalue weighted by Gasteiger charge is -1.98. The molecule has 0 atom stereocenters. The molecule has 0 aliphatic heterocycles. The maximum atomic E-state index is 10.7. The number of halogens is 1. The Bertz CT molecular complexity index is 390. The van der Waals surface area contributed by atoms with Crippen LogP contribution in [0.25, 0.3) is 6.08 Å². The molecule has 0 unspecified atom stereocenters. The molecule has 4 nitrogen and oxygen atoms in total. The molecule has 0 amide bonds. The zero-order valence-corrected chi connectivity index (χ0v) is 9.48. The van der Waals surface area contributed by atoms with Gasteiger partial charge in [0.05, 0.1) is 16.6 Å². The fourth-order valence-corrected chi connectivity index (χ4v) is 1.37. The molecule has 0 saturated carbocycles. The van der Waals surface area contributed by atoms with Gasteiger partial charge < -0.3 is 5.11 Å². The number of aromatic hydroxyl groups is 1. The molecule has 15 heavy (non-hydrogen) atoms. The Hall–Kier alpha value is -1.36. The van der Waals surface area contributed by atoms with Gasteiger partial charge in [-0.15, -0.1) is 0 Å². The Kier molecular flexibility index (Phi) is 4.30. The van der Waals surface area contributed by atoms with Gasteiger partial charge in [0.2, 0.25) is 0 Å². The molecule has 1 aromatic carbocycles. The molecule has 5 heteroatoms. The number of hydrogen-bond acceptors (Lipinski definition) is 3. The van der Waals surface area contributed by atoms with E-state index in [1.54, 1.807) is 6.08 Å². The molecule has 1 rings (SSSR count).